The van der Waals surface area contributed by atoms with Crippen LogP contribution in [0.1, 0.15) is 36.7 Å². The van der Waals surface area contributed by atoms with Crippen molar-refractivity contribution < 1.29 is 14.6 Å². The van der Waals surface area contributed by atoms with E-state index in [1.807, 2.05) is 13.0 Å². The first-order valence-electron chi connectivity index (χ1n) is 11.7. The van der Waals surface area contributed by atoms with Crippen LogP contribution in [0, 0.1) is 20.2 Å². The van der Waals surface area contributed by atoms with Crippen molar-refractivity contribution in [2.45, 2.75) is 32.8 Å². The number of halogens is 1. The summed E-state index contributed by atoms with van der Waals surface area (Å²) < 4.78 is 7.56. The Labute approximate surface area is 224 Å². The summed E-state index contributed by atoms with van der Waals surface area (Å²) in [5, 5.41) is 27.4. The van der Waals surface area contributed by atoms with E-state index >= 15 is 0 Å². The molecule has 0 spiro atoms. The van der Waals surface area contributed by atoms with Crippen LogP contribution in [0.2, 0.25) is 0 Å². The molecule has 0 aliphatic rings. The molecule has 0 aliphatic carbocycles. The highest BCUT2D eigenvalue weighted by molar-refractivity contribution is 9.10. The monoisotopic (exact) mass is 579 g/mol. The molecular formula is C26H22BrN5O6. The van der Waals surface area contributed by atoms with Gasteiger partial charge in [-0.05, 0) is 42.3 Å². The van der Waals surface area contributed by atoms with Crippen molar-refractivity contribution in [2.24, 2.45) is 5.10 Å². The highest BCUT2D eigenvalue weighted by Crippen LogP contribution is 2.29. The molecule has 0 unspecified atom stereocenters. The van der Waals surface area contributed by atoms with Crippen LogP contribution >= 0.6 is 15.9 Å². The van der Waals surface area contributed by atoms with E-state index in [1.165, 1.54) is 41.2 Å². The minimum absolute atomic E-state index is 0.00307. The molecule has 1 aromatic heterocycles. The zero-order chi connectivity index (χ0) is 27.2. The Morgan fingerprint density at radius 1 is 1.08 bits per heavy atom. The minimum atomic E-state index is -0.589. The maximum Gasteiger partial charge on any atom is 0.311 e. The average molecular weight is 580 g/mol. The quantitative estimate of drug-likeness (QED) is 0.131. The Kier molecular flexibility index (Phi) is 8.22. The van der Waals surface area contributed by atoms with Crippen LogP contribution in [0.5, 0.6) is 5.75 Å². The normalized spacial score (nSPS) is 11.2. The van der Waals surface area contributed by atoms with E-state index in [1.54, 1.807) is 24.3 Å². The van der Waals surface area contributed by atoms with E-state index in [9.17, 15) is 25.0 Å². The van der Waals surface area contributed by atoms with Gasteiger partial charge in [-0.1, -0.05) is 41.4 Å². The maximum absolute atomic E-state index is 13.2. The number of aryl methyl sites for hydroxylation is 1. The third-order valence-corrected chi connectivity index (χ3v) is 6.14. The van der Waals surface area contributed by atoms with Crippen LogP contribution in [0.3, 0.4) is 0 Å². The van der Waals surface area contributed by atoms with Crippen molar-refractivity contribution in [3.8, 4) is 5.75 Å². The fraction of sp³-hybridized carbons (Fsp3) is 0.192. The number of hydrogen-bond acceptors (Lipinski definition) is 8. The van der Waals surface area contributed by atoms with Gasteiger partial charge in [0, 0.05) is 34.7 Å². The molecule has 0 N–H and O–H groups in total. The molecule has 0 saturated carbocycles. The number of nitrogens with zero attached hydrogens (tertiary/aromatic N) is 5. The van der Waals surface area contributed by atoms with Crippen molar-refractivity contribution in [1.29, 1.82) is 0 Å². The van der Waals surface area contributed by atoms with Gasteiger partial charge in [-0.2, -0.15) is 9.78 Å². The Morgan fingerprint density at radius 3 is 2.63 bits per heavy atom. The van der Waals surface area contributed by atoms with Crippen LogP contribution in [-0.2, 0) is 13.0 Å². The van der Waals surface area contributed by atoms with Gasteiger partial charge in [0.05, 0.1) is 27.0 Å². The molecule has 1 heterocycles. The topological polar surface area (TPSA) is 143 Å². The summed E-state index contributed by atoms with van der Waals surface area (Å²) in [6, 6.07) is 15.4. The van der Waals surface area contributed by atoms with E-state index in [0.717, 1.165) is 17.3 Å². The van der Waals surface area contributed by atoms with Crippen LogP contribution < -0.4 is 10.3 Å². The Balaban J connectivity index is 1.64. The molecule has 4 rings (SSSR count). The summed E-state index contributed by atoms with van der Waals surface area (Å²) in [6.45, 7) is 1.94. The lowest BCUT2D eigenvalue weighted by Gasteiger charge is -2.09. The molecule has 0 amide bonds. The number of nitro benzene ring substituents is 2. The first kappa shape index (κ1) is 26.6. The largest absolute Gasteiger partial charge is 0.482 e. The van der Waals surface area contributed by atoms with Gasteiger partial charge in [-0.3, -0.25) is 25.0 Å². The van der Waals surface area contributed by atoms with E-state index in [2.05, 4.69) is 26.0 Å². The molecule has 194 valence electrons. The van der Waals surface area contributed by atoms with Gasteiger partial charge >= 0.3 is 5.69 Å². The Bertz CT molecular complexity index is 1620. The van der Waals surface area contributed by atoms with Crippen LogP contribution in [0.25, 0.3) is 10.9 Å². The third-order valence-electron chi connectivity index (χ3n) is 5.65. The molecule has 0 fully saturated rings. The van der Waals surface area contributed by atoms with E-state index in [-0.39, 0.29) is 29.3 Å². The zero-order valence-electron chi connectivity index (χ0n) is 20.2. The van der Waals surface area contributed by atoms with Gasteiger partial charge in [0.15, 0.2) is 5.75 Å². The van der Waals surface area contributed by atoms with Crippen molar-refractivity contribution in [3.63, 3.8) is 0 Å². The highest BCUT2D eigenvalue weighted by atomic mass is 79.9. The molecule has 0 aliphatic heterocycles. The molecular weight excluding hydrogens is 558 g/mol. The fourth-order valence-corrected chi connectivity index (χ4v) is 4.10. The van der Waals surface area contributed by atoms with Gasteiger partial charge in [-0.15, -0.1) is 0 Å². The minimum Gasteiger partial charge on any atom is -0.482 e. The second-order valence-electron chi connectivity index (χ2n) is 8.35. The smallest absolute Gasteiger partial charge is 0.311 e. The molecule has 4 aromatic rings. The molecule has 0 bridgehead atoms. The average Bonchev–Trinajstić information content (AvgIpc) is 2.91. The number of benzene rings is 3. The first-order chi connectivity index (χ1) is 18.3. The van der Waals surface area contributed by atoms with Crippen molar-refractivity contribution in [1.82, 2.24) is 9.66 Å². The summed E-state index contributed by atoms with van der Waals surface area (Å²) in [4.78, 5) is 39.4. The molecule has 38 heavy (non-hydrogen) atoms. The standard InChI is InChI=1S/C26H22BrN5O6/c1-2-3-7-25-29-22-10-9-19(27)14-21(22)26(33)30(25)28-15-17-8-11-24(23(13-17)32(36)37)38-16-18-5-4-6-20(12-18)31(34)35/h4-6,8-15H,2-3,7,16H2,1H3. The van der Waals surface area contributed by atoms with Crippen molar-refractivity contribution in [3.05, 3.63) is 113 Å². The molecule has 12 heteroatoms. The van der Waals surface area contributed by atoms with Crippen LogP contribution in [-0.4, -0.2) is 25.7 Å². The number of non-ortho nitro benzene ring substituents is 1. The summed E-state index contributed by atoms with van der Waals surface area (Å²) in [5.74, 6) is 0.492. The molecule has 0 saturated heterocycles. The SMILES string of the molecule is CCCCc1nc2ccc(Br)cc2c(=O)n1N=Cc1ccc(OCc2cccc([N+](=O)[O-])c2)c([N+](=O)[O-])c1. The predicted octanol–water partition coefficient (Wildman–Crippen LogP) is 5.78. The molecule has 3 aromatic carbocycles. The third kappa shape index (κ3) is 6.09. The van der Waals surface area contributed by atoms with Gasteiger partial charge in [0.2, 0.25) is 0 Å². The Morgan fingerprint density at radius 2 is 1.89 bits per heavy atom. The zero-order valence-corrected chi connectivity index (χ0v) is 21.8. The van der Waals surface area contributed by atoms with E-state index in [0.29, 0.717) is 34.3 Å². The first-order valence-corrected chi connectivity index (χ1v) is 12.5. The van der Waals surface area contributed by atoms with E-state index < -0.39 is 9.85 Å². The highest BCUT2D eigenvalue weighted by Gasteiger charge is 2.17. The number of fused-ring (bicyclic) bond motifs is 1. The lowest BCUT2D eigenvalue weighted by atomic mass is 10.2. The van der Waals surface area contributed by atoms with Crippen LogP contribution in [0.4, 0.5) is 11.4 Å². The summed E-state index contributed by atoms with van der Waals surface area (Å²) >= 11 is 3.37. The summed E-state index contributed by atoms with van der Waals surface area (Å²) in [7, 11) is 0. The Hall–Kier alpha value is -4.45. The number of hydrogen-bond donors (Lipinski definition) is 0. The number of unbranched alkanes of at least 4 members (excludes halogenated alkanes) is 1. The second-order valence-corrected chi connectivity index (χ2v) is 9.27. The number of nitro groups is 2. The summed E-state index contributed by atoms with van der Waals surface area (Å²) in [6.07, 6.45) is 3.62. The number of aromatic nitrogens is 2. The molecule has 11 nitrogen and oxygen atoms in total. The lowest BCUT2D eigenvalue weighted by molar-refractivity contribution is -0.386. The number of ether oxygens (including phenoxy) is 1. The summed E-state index contributed by atoms with van der Waals surface area (Å²) in [5.41, 5.74) is 0.687. The molecule has 0 radical (unpaired) electrons. The van der Waals surface area contributed by atoms with Gasteiger partial charge in [-0.25, -0.2) is 4.98 Å². The van der Waals surface area contributed by atoms with Gasteiger partial charge in [0.25, 0.3) is 11.2 Å². The van der Waals surface area contributed by atoms with Crippen LogP contribution in [0.15, 0.2) is 75.0 Å². The fourth-order valence-electron chi connectivity index (χ4n) is 3.74. The predicted molar refractivity (Wildman–Crippen MR) is 146 cm³/mol. The van der Waals surface area contributed by atoms with Gasteiger partial charge in [0.1, 0.15) is 12.4 Å². The number of rotatable bonds is 10. The maximum atomic E-state index is 13.2. The molecule has 0 atom stereocenters. The van der Waals surface area contributed by atoms with E-state index in [4.69, 9.17) is 4.74 Å². The second kappa shape index (κ2) is 11.7. The van der Waals surface area contributed by atoms with Crippen molar-refractivity contribution in [2.75, 3.05) is 0 Å². The van der Waals surface area contributed by atoms with Gasteiger partial charge < -0.3 is 4.74 Å². The van der Waals surface area contributed by atoms with Crippen molar-refractivity contribution >= 4 is 44.4 Å². The lowest BCUT2D eigenvalue weighted by Crippen LogP contribution is -2.22.